The van der Waals surface area contributed by atoms with Crippen molar-refractivity contribution in [3.63, 3.8) is 0 Å². The lowest BCUT2D eigenvalue weighted by molar-refractivity contribution is 0.355. The maximum absolute atomic E-state index is 8.75. The molecule has 4 nitrogen and oxygen atoms in total. The molecule has 0 radical (unpaired) electrons. The molecule has 0 aliphatic heterocycles. The second-order valence-corrected chi connectivity index (χ2v) is 5.88. The normalized spacial score (nSPS) is 11.3. The van der Waals surface area contributed by atoms with Crippen molar-refractivity contribution in [2.75, 3.05) is 0 Å². The lowest BCUT2D eigenvalue weighted by Gasteiger charge is -2.18. The lowest BCUT2D eigenvalue weighted by atomic mass is 10.1. The Balaban J connectivity index is 1.86. The van der Waals surface area contributed by atoms with Gasteiger partial charge < -0.3 is 5.32 Å². The van der Waals surface area contributed by atoms with Crippen LogP contribution in [-0.2, 0) is 18.6 Å². The van der Waals surface area contributed by atoms with Gasteiger partial charge in [-0.05, 0) is 38.5 Å². The molecule has 1 aromatic carbocycles. The Morgan fingerprint density at radius 3 is 2.35 bits per heavy atom. The van der Waals surface area contributed by atoms with Gasteiger partial charge in [0, 0.05) is 24.8 Å². The third-order valence-electron chi connectivity index (χ3n) is 3.06. The maximum Gasteiger partial charge on any atom is 0.0991 e. The third-order valence-corrected chi connectivity index (χ3v) is 3.06. The Morgan fingerprint density at radius 2 is 1.80 bits per heavy atom. The zero-order valence-corrected chi connectivity index (χ0v) is 12.2. The van der Waals surface area contributed by atoms with Crippen LogP contribution in [0.2, 0.25) is 0 Å². The highest BCUT2D eigenvalue weighted by Gasteiger charge is 2.13. The number of nitrogens with zero attached hydrogens (tertiary/aromatic N) is 3. The fraction of sp³-hybridized carbons (Fsp3) is 0.375. The molecule has 1 aromatic heterocycles. The van der Waals surface area contributed by atoms with E-state index >= 15 is 0 Å². The van der Waals surface area contributed by atoms with Gasteiger partial charge in [0.15, 0.2) is 0 Å². The zero-order chi connectivity index (χ0) is 14.6. The van der Waals surface area contributed by atoms with E-state index in [2.05, 4.69) is 43.5 Å². The molecular formula is C16H20N4. The predicted octanol–water partition coefficient (Wildman–Crippen LogP) is 2.80. The van der Waals surface area contributed by atoms with Crippen LogP contribution in [0.5, 0.6) is 0 Å². The van der Waals surface area contributed by atoms with Gasteiger partial charge in [-0.25, -0.2) is 0 Å². The van der Waals surface area contributed by atoms with Crippen LogP contribution in [0.25, 0.3) is 0 Å². The van der Waals surface area contributed by atoms with Crippen LogP contribution >= 0.6 is 0 Å². The summed E-state index contributed by atoms with van der Waals surface area (Å²) in [5.74, 6) is 0. The molecular weight excluding hydrogens is 248 g/mol. The average Bonchev–Trinajstić information content (AvgIpc) is 2.88. The number of hydrogen-bond acceptors (Lipinski definition) is 3. The smallest absolute Gasteiger partial charge is 0.0991 e. The SMILES string of the molecule is CC(C)(C)n1cc(CNCc2ccc(C#N)cc2)cn1. The number of aromatic nitrogens is 2. The predicted molar refractivity (Wildman–Crippen MR) is 78.9 cm³/mol. The Hall–Kier alpha value is -2.12. The highest BCUT2D eigenvalue weighted by Crippen LogP contribution is 2.13. The Morgan fingerprint density at radius 1 is 1.15 bits per heavy atom. The molecule has 2 rings (SSSR count). The second-order valence-electron chi connectivity index (χ2n) is 5.88. The molecule has 0 saturated heterocycles. The van der Waals surface area contributed by atoms with Crippen LogP contribution in [0.15, 0.2) is 36.7 Å². The minimum absolute atomic E-state index is 0.0192. The van der Waals surface area contributed by atoms with Crippen molar-refractivity contribution in [1.82, 2.24) is 15.1 Å². The van der Waals surface area contributed by atoms with E-state index in [1.807, 2.05) is 35.1 Å². The summed E-state index contributed by atoms with van der Waals surface area (Å²) in [6, 6.07) is 9.76. The van der Waals surface area contributed by atoms with E-state index in [0.29, 0.717) is 5.56 Å². The van der Waals surface area contributed by atoms with E-state index in [1.165, 1.54) is 11.1 Å². The first-order valence-corrected chi connectivity index (χ1v) is 6.73. The molecule has 0 unspecified atom stereocenters. The van der Waals surface area contributed by atoms with Crippen molar-refractivity contribution in [2.24, 2.45) is 0 Å². The van der Waals surface area contributed by atoms with Gasteiger partial charge in [-0.15, -0.1) is 0 Å². The third kappa shape index (κ3) is 3.69. The van der Waals surface area contributed by atoms with E-state index < -0.39 is 0 Å². The molecule has 1 N–H and O–H groups in total. The zero-order valence-electron chi connectivity index (χ0n) is 12.2. The molecule has 0 saturated carbocycles. The summed E-state index contributed by atoms with van der Waals surface area (Å²) in [6.07, 6.45) is 3.98. The molecule has 20 heavy (non-hydrogen) atoms. The molecule has 0 aliphatic carbocycles. The Kier molecular flexibility index (Phi) is 4.21. The molecule has 1 heterocycles. The first kappa shape index (κ1) is 14.3. The fourth-order valence-corrected chi connectivity index (χ4v) is 1.87. The van der Waals surface area contributed by atoms with Gasteiger partial charge in [-0.2, -0.15) is 10.4 Å². The summed E-state index contributed by atoms with van der Waals surface area (Å²) >= 11 is 0. The van der Waals surface area contributed by atoms with Gasteiger partial charge in [-0.3, -0.25) is 4.68 Å². The molecule has 0 aliphatic rings. The number of nitriles is 1. The van der Waals surface area contributed by atoms with Crippen LogP contribution in [-0.4, -0.2) is 9.78 Å². The van der Waals surface area contributed by atoms with Crippen LogP contribution in [0.4, 0.5) is 0 Å². The fourth-order valence-electron chi connectivity index (χ4n) is 1.87. The molecule has 0 fully saturated rings. The Labute approximate surface area is 120 Å². The molecule has 0 spiro atoms. The summed E-state index contributed by atoms with van der Waals surface area (Å²) in [5.41, 5.74) is 3.06. The summed E-state index contributed by atoms with van der Waals surface area (Å²) in [6.45, 7) is 7.97. The topological polar surface area (TPSA) is 53.6 Å². The van der Waals surface area contributed by atoms with Crippen LogP contribution in [0.3, 0.4) is 0 Å². The van der Waals surface area contributed by atoms with Gasteiger partial charge in [0.05, 0.1) is 23.4 Å². The van der Waals surface area contributed by atoms with Gasteiger partial charge in [0.1, 0.15) is 0 Å². The van der Waals surface area contributed by atoms with E-state index in [0.717, 1.165) is 13.1 Å². The first-order valence-electron chi connectivity index (χ1n) is 6.73. The average molecular weight is 268 g/mol. The molecule has 4 heteroatoms. The van der Waals surface area contributed by atoms with E-state index in [-0.39, 0.29) is 5.54 Å². The number of rotatable bonds is 4. The highest BCUT2D eigenvalue weighted by atomic mass is 15.3. The Bertz CT molecular complexity index is 597. The molecule has 0 bridgehead atoms. The number of nitrogens with one attached hydrogen (secondary N) is 1. The molecule has 0 atom stereocenters. The lowest BCUT2D eigenvalue weighted by Crippen LogP contribution is -2.22. The van der Waals surface area contributed by atoms with Crippen molar-refractivity contribution in [3.8, 4) is 6.07 Å². The van der Waals surface area contributed by atoms with Crippen molar-refractivity contribution >= 4 is 0 Å². The molecule has 0 amide bonds. The van der Waals surface area contributed by atoms with Crippen molar-refractivity contribution in [1.29, 1.82) is 5.26 Å². The van der Waals surface area contributed by atoms with E-state index in [4.69, 9.17) is 5.26 Å². The minimum Gasteiger partial charge on any atom is -0.309 e. The highest BCUT2D eigenvalue weighted by molar-refractivity contribution is 5.31. The van der Waals surface area contributed by atoms with E-state index in [9.17, 15) is 0 Å². The summed E-state index contributed by atoms with van der Waals surface area (Å²) in [4.78, 5) is 0. The number of benzene rings is 1. The first-order chi connectivity index (χ1) is 9.49. The monoisotopic (exact) mass is 268 g/mol. The van der Waals surface area contributed by atoms with Gasteiger partial charge >= 0.3 is 0 Å². The minimum atomic E-state index is 0.0192. The standard InChI is InChI=1S/C16H20N4/c1-16(2,3)20-12-15(11-19-20)10-18-9-14-6-4-13(8-17)5-7-14/h4-7,11-12,18H,9-10H2,1-3H3. The van der Waals surface area contributed by atoms with Crippen LogP contribution < -0.4 is 5.32 Å². The maximum atomic E-state index is 8.75. The second kappa shape index (κ2) is 5.89. The number of hydrogen-bond donors (Lipinski definition) is 1. The van der Waals surface area contributed by atoms with Crippen molar-refractivity contribution in [2.45, 2.75) is 39.4 Å². The summed E-state index contributed by atoms with van der Waals surface area (Å²) < 4.78 is 1.98. The summed E-state index contributed by atoms with van der Waals surface area (Å²) in [7, 11) is 0. The van der Waals surface area contributed by atoms with E-state index in [1.54, 1.807) is 0 Å². The van der Waals surface area contributed by atoms with Gasteiger partial charge in [-0.1, -0.05) is 12.1 Å². The quantitative estimate of drug-likeness (QED) is 0.927. The van der Waals surface area contributed by atoms with Crippen LogP contribution in [0.1, 0.15) is 37.5 Å². The van der Waals surface area contributed by atoms with Gasteiger partial charge in [0.2, 0.25) is 0 Å². The molecule has 2 aromatic rings. The molecule has 104 valence electrons. The van der Waals surface area contributed by atoms with Crippen LogP contribution in [0, 0.1) is 11.3 Å². The van der Waals surface area contributed by atoms with Crippen molar-refractivity contribution < 1.29 is 0 Å². The summed E-state index contributed by atoms with van der Waals surface area (Å²) in [5, 5.41) is 16.5. The largest absolute Gasteiger partial charge is 0.309 e. The van der Waals surface area contributed by atoms with Crippen molar-refractivity contribution in [3.05, 3.63) is 53.3 Å². The van der Waals surface area contributed by atoms with Gasteiger partial charge in [0.25, 0.3) is 0 Å².